The van der Waals surface area contributed by atoms with E-state index in [0.717, 1.165) is 60.8 Å². The van der Waals surface area contributed by atoms with Gasteiger partial charge in [0, 0.05) is 17.7 Å². The third-order valence-corrected chi connectivity index (χ3v) is 5.09. The number of benzene rings is 1. The number of nitrogens with one attached hydrogen (secondary N) is 1. The Labute approximate surface area is 178 Å². The Hall–Kier alpha value is -3.17. The molecule has 0 bridgehead atoms. The number of amides is 1. The van der Waals surface area contributed by atoms with Crippen molar-refractivity contribution in [3.63, 3.8) is 0 Å². The number of carbonyl (C=O) groups excluding carboxylic acids is 1. The van der Waals surface area contributed by atoms with Crippen LogP contribution in [0.1, 0.15) is 34.6 Å². The van der Waals surface area contributed by atoms with Crippen LogP contribution >= 0.6 is 0 Å². The van der Waals surface area contributed by atoms with Gasteiger partial charge in [0.05, 0.1) is 22.9 Å². The molecular weight excluding hydrogens is 441 g/mol. The molecule has 0 saturated carbocycles. The summed E-state index contributed by atoms with van der Waals surface area (Å²) in [5.74, 6) is -3.27. The first-order valence-electron chi connectivity index (χ1n) is 9.43. The van der Waals surface area contributed by atoms with Gasteiger partial charge in [0.1, 0.15) is 5.82 Å². The molecule has 170 valence electrons. The van der Waals surface area contributed by atoms with E-state index in [4.69, 9.17) is 0 Å². The van der Waals surface area contributed by atoms with Gasteiger partial charge < -0.3 is 5.32 Å². The Morgan fingerprint density at radius 3 is 2.25 bits per heavy atom. The SMILES string of the molecule is CC1C=C(C(F)(F)F)C=CC1C(NC(=O)c1ccc(F)cc1)c1ncccc1C(F)(F)F. The summed E-state index contributed by atoms with van der Waals surface area (Å²) in [6.45, 7) is 1.41. The first kappa shape index (κ1) is 23.5. The number of rotatable bonds is 4. The molecule has 0 aliphatic heterocycles. The van der Waals surface area contributed by atoms with Crippen LogP contribution < -0.4 is 5.32 Å². The van der Waals surface area contributed by atoms with Crippen LogP contribution in [0.2, 0.25) is 0 Å². The van der Waals surface area contributed by atoms with Crippen molar-refractivity contribution in [2.24, 2.45) is 11.8 Å². The van der Waals surface area contributed by atoms with Gasteiger partial charge in [0.15, 0.2) is 0 Å². The van der Waals surface area contributed by atoms with Gasteiger partial charge in [-0.15, -0.1) is 0 Å². The largest absolute Gasteiger partial charge is 0.418 e. The average molecular weight is 458 g/mol. The summed E-state index contributed by atoms with van der Waals surface area (Å²) >= 11 is 0. The predicted molar refractivity (Wildman–Crippen MR) is 102 cm³/mol. The van der Waals surface area contributed by atoms with Crippen molar-refractivity contribution < 1.29 is 35.5 Å². The normalized spacial score (nSPS) is 19.9. The molecule has 1 aliphatic rings. The van der Waals surface area contributed by atoms with Gasteiger partial charge in [-0.3, -0.25) is 9.78 Å². The summed E-state index contributed by atoms with van der Waals surface area (Å²) in [5.41, 5.74) is -2.60. The maximum atomic E-state index is 13.6. The highest BCUT2D eigenvalue weighted by atomic mass is 19.4. The van der Waals surface area contributed by atoms with Crippen molar-refractivity contribution in [1.29, 1.82) is 0 Å². The van der Waals surface area contributed by atoms with Crippen molar-refractivity contribution in [3.05, 3.63) is 89.0 Å². The predicted octanol–water partition coefficient (Wildman–Crippen LogP) is 6.02. The fourth-order valence-corrected chi connectivity index (χ4v) is 3.52. The maximum Gasteiger partial charge on any atom is 0.418 e. The fourth-order valence-electron chi connectivity index (χ4n) is 3.52. The number of carbonyl (C=O) groups is 1. The number of alkyl halides is 6. The zero-order chi connectivity index (χ0) is 23.7. The lowest BCUT2D eigenvalue weighted by Gasteiger charge is -2.32. The van der Waals surface area contributed by atoms with Crippen LogP contribution in [-0.4, -0.2) is 17.1 Å². The minimum absolute atomic E-state index is 0.0279. The van der Waals surface area contributed by atoms with E-state index in [0.29, 0.717) is 0 Å². The van der Waals surface area contributed by atoms with Gasteiger partial charge in [-0.25, -0.2) is 4.39 Å². The Morgan fingerprint density at radius 2 is 1.69 bits per heavy atom. The lowest BCUT2D eigenvalue weighted by molar-refractivity contribution is -0.138. The molecule has 10 heteroatoms. The average Bonchev–Trinajstić information content (AvgIpc) is 2.71. The van der Waals surface area contributed by atoms with Crippen LogP contribution in [0.4, 0.5) is 30.7 Å². The Kier molecular flexibility index (Phi) is 6.43. The second-order valence-corrected chi connectivity index (χ2v) is 7.31. The molecular formula is C22H17F7N2O. The van der Waals surface area contributed by atoms with Crippen molar-refractivity contribution in [2.45, 2.75) is 25.3 Å². The molecule has 3 unspecified atom stereocenters. The molecule has 0 radical (unpaired) electrons. The summed E-state index contributed by atoms with van der Waals surface area (Å²) in [6, 6.07) is 4.77. The van der Waals surface area contributed by atoms with Crippen molar-refractivity contribution in [1.82, 2.24) is 10.3 Å². The van der Waals surface area contributed by atoms with Crippen molar-refractivity contribution in [3.8, 4) is 0 Å². The summed E-state index contributed by atoms with van der Waals surface area (Å²) in [4.78, 5) is 16.5. The molecule has 3 rings (SSSR count). The number of aromatic nitrogens is 1. The zero-order valence-corrected chi connectivity index (χ0v) is 16.5. The van der Waals surface area contributed by atoms with E-state index in [1.54, 1.807) is 0 Å². The number of hydrogen-bond donors (Lipinski definition) is 1. The van der Waals surface area contributed by atoms with Gasteiger partial charge in [0.25, 0.3) is 5.91 Å². The van der Waals surface area contributed by atoms with Gasteiger partial charge >= 0.3 is 12.4 Å². The number of pyridine rings is 1. The Bertz CT molecular complexity index is 1040. The molecule has 0 fully saturated rings. The molecule has 1 amide bonds. The number of allylic oxidation sites excluding steroid dienone is 3. The molecule has 3 atom stereocenters. The monoisotopic (exact) mass is 458 g/mol. The molecule has 1 heterocycles. The van der Waals surface area contributed by atoms with Gasteiger partial charge in [-0.05, 0) is 42.3 Å². The summed E-state index contributed by atoms with van der Waals surface area (Å²) in [5, 5.41) is 2.45. The van der Waals surface area contributed by atoms with Gasteiger partial charge in [0.2, 0.25) is 0 Å². The van der Waals surface area contributed by atoms with Gasteiger partial charge in [-0.2, -0.15) is 26.3 Å². The minimum Gasteiger partial charge on any atom is -0.343 e. The third-order valence-electron chi connectivity index (χ3n) is 5.09. The van der Waals surface area contributed by atoms with Crippen LogP contribution in [0.3, 0.4) is 0 Å². The third kappa shape index (κ3) is 5.17. The van der Waals surface area contributed by atoms with E-state index in [9.17, 15) is 35.5 Å². The van der Waals surface area contributed by atoms with Crippen molar-refractivity contribution in [2.75, 3.05) is 0 Å². The van der Waals surface area contributed by atoms with E-state index in [2.05, 4.69) is 10.3 Å². The standard InChI is InChI=1S/C22H17F7N2O/c1-12-11-14(21(24,25)26)6-9-16(12)18(19-17(22(27,28)29)3-2-10-30-19)31-20(32)13-4-7-15(23)8-5-13/h2-12,16,18H,1H3,(H,31,32). The molecule has 3 nitrogen and oxygen atoms in total. The second kappa shape index (κ2) is 8.76. The number of halogens is 7. The fraction of sp³-hybridized carbons (Fsp3) is 0.273. The molecule has 32 heavy (non-hydrogen) atoms. The second-order valence-electron chi connectivity index (χ2n) is 7.31. The topological polar surface area (TPSA) is 42.0 Å². The molecule has 1 aliphatic carbocycles. The smallest absolute Gasteiger partial charge is 0.343 e. The highest BCUT2D eigenvalue weighted by molar-refractivity contribution is 5.94. The number of nitrogens with zero attached hydrogens (tertiary/aromatic N) is 1. The summed E-state index contributed by atoms with van der Waals surface area (Å²) < 4.78 is 93.2. The molecule has 1 aromatic heterocycles. The maximum absolute atomic E-state index is 13.6. The Balaban J connectivity index is 2.04. The molecule has 0 saturated heterocycles. The highest BCUT2D eigenvalue weighted by Gasteiger charge is 2.41. The van der Waals surface area contributed by atoms with E-state index >= 15 is 0 Å². The summed E-state index contributed by atoms with van der Waals surface area (Å²) in [6.07, 6.45) is -5.52. The molecule has 1 aromatic carbocycles. The van der Waals surface area contributed by atoms with E-state index in [1.807, 2.05) is 0 Å². The molecule has 0 spiro atoms. The quantitative estimate of drug-likeness (QED) is 0.570. The number of hydrogen-bond acceptors (Lipinski definition) is 2. The van der Waals surface area contributed by atoms with Gasteiger partial charge in [-0.1, -0.05) is 25.2 Å². The van der Waals surface area contributed by atoms with E-state index in [-0.39, 0.29) is 5.56 Å². The first-order valence-corrected chi connectivity index (χ1v) is 9.43. The highest BCUT2D eigenvalue weighted by Crippen LogP contribution is 2.41. The van der Waals surface area contributed by atoms with Crippen LogP contribution in [-0.2, 0) is 6.18 Å². The molecule has 2 aromatic rings. The van der Waals surface area contributed by atoms with Crippen LogP contribution in [0.5, 0.6) is 0 Å². The molecule has 1 N–H and O–H groups in total. The van der Waals surface area contributed by atoms with Crippen LogP contribution in [0, 0.1) is 17.7 Å². The van der Waals surface area contributed by atoms with Crippen LogP contribution in [0.15, 0.2) is 66.4 Å². The van der Waals surface area contributed by atoms with E-state index in [1.165, 1.54) is 6.92 Å². The zero-order valence-electron chi connectivity index (χ0n) is 16.5. The Morgan fingerprint density at radius 1 is 1.03 bits per heavy atom. The summed E-state index contributed by atoms with van der Waals surface area (Å²) in [7, 11) is 0. The van der Waals surface area contributed by atoms with Crippen LogP contribution in [0.25, 0.3) is 0 Å². The van der Waals surface area contributed by atoms with Crippen molar-refractivity contribution >= 4 is 5.91 Å². The first-order chi connectivity index (χ1) is 14.9. The van der Waals surface area contributed by atoms with E-state index < -0.39 is 58.8 Å². The lowest BCUT2D eigenvalue weighted by Crippen LogP contribution is -2.38. The lowest BCUT2D eigenvalue weighted by atomic mass is 9.79. The minimum atomic E-state index is -4.81.